The summed E-state index contributed by atoms with van der Waals surface area (Å²) >= 11 is 1.70. The number of hydrogen-bond acceptors (Lipinski definition) is 3. The van der Waals surface area contributed by atoms with E-state index in [0.717, 1.165) is 23.3 Å². The zero-order valence-corrected chi connectivity index (χ0v) is 15.2. The fraction of sp³-hybridized carbons (Fsp3) is 0.316. The average Bonchev–Trinajstić information content (AvgIpc) is 2.65. The molecule has 5 heteroatoms. The number of methoxy groups -OCH3 is 1. The molecule has 2 rings (SSSR count). The van der Waals surface area contributed by atoms with Crippen molar-refractivity contribution in [2.45, 2.75) is 30.8 Å². The summed E-state index contributed by atoms with van der Waals surface area (Å²) in [6.07, 6.45) is 2.87. The lowest BCUT2D eigenvalue weighted by molar-refractivity contribution is 0.236. The van der Waals surface area contributed by atoms with Crippen molar-refractivity contribution in [2.75, 3.05) is 13.4 Å². The molecule has 0 saturated heterocycles. The molecule has 24 heavy (non-hydrogen) atoms. The first kappa shape index (κ1) is 18.2. The Morgan fingerprint density at radius 3 is 2.33 bits per heavy atom. The number of thioether (sulfide) groups is 1. The van der Waals surface area contributed by atoms with Crippen LogP contribution in [0.2, 0.25) is 0 Å². The van der Waals surface area contributed by atoms with Crippen LogP contribution in [0.3, 0.4) is 0 Å². The Kier molecular flexibility index (Phi) is 7.00. The third-order valence-corrected chi connectivity index (χ3v) is 4.59. The molecule has 0 aromatic heterocycles. The molecule has 0 aliphatic carbocycles. The van der Waals surface area contributed by atoms with Crippen molar-refractivity contribution >= 4 is 17.8 Å². The highest BCUT2D eigenvalue weighted by atomic mass is 32.2. The fourth-order valence-corrected chi connectivity index (χ4v) is 2.80. The van der Waals surface area contributed by atoms with E-state index in [1.54, 1.807) is 18.9 Å². The van der Waals surface area contributed by atoms with Crippen molar-refractivity contribution in [3.8, 4) is 5.75 Å². The molecule has 0 saturated carbocycles. The summed E-state index contributed by atoms with van der Waals surface area (Å²) in [6.45, 7) is 2.57. The topological polar surface area (TPSA) is 50.4 Å². The van der Waals surface area contributed by atoms with Crippen LogP contribution in [-0.4, -0.2) is 19.4 Å². The van der Waals surface area contributed by atoms with Gasteiger partial charge in [0.05, 0.1) is 13.2 Å². The summed E-state index contributed by atoms with van der Waals surface area (Å²) in [5, 5.41) is 5.93. The van der Waals surface area contributed by atoms with Gasteiger partial charge in [-0.25, -0.2) is 4.79 Å². The van der Waals surface area contributed by atoms with Gasteiger partial charge in [-0.1, -0.05) is 31.2 Å². The van der Waals surface area contributed by atoms with Crippen molar-refractivity contribution in [1.82, 2.24) is 10.6 Å². The molecule has 0 bridgehead atoms. The molecule has 2 N–H and O–H groups in total. The van der Waals surface area contributed by atoms with Gasteiger partial charge in [0.1, 0.15) is 5.75 Å². The highest BCUT2D eigenvalue weighted by molar-refractivity contribution is 7.98. The van der Waals surface area contributed by atoms with Crippen molar-refractivity contribution in [2.24, 2.45) is 0 Å². The van der Waals surface area contributed by atoms with Gasteiger partial charge in [0, 0.05) is 11.4 Å². The molecule has 0 fully saturated rings. The van der Waals surface area contributed by atoms with E-state index in [2.05, 4.69) is 29.7 Å². The molecule has 0 aliphatic rings. The van der Waals surface area contributed by atoms with E-state index in [1.807, 2.05) is 42.7 Å². The van der Waals surface area contributed by atoms with Gasteiger partial charge in [-0.3, -0.25) is 0 Å². The summed E-state index contributed by atoms with van der Waals surface area (Å²) in [7, 11) is 1.64. The molecule has 2 amide bonds. The van der Waals surface area contributed by atoms with Gasteiger partial charge in [0.2, 0.25) is 0 Å². The third-order valence-electron chi connectivity index (χ3n) is 3.84. The molecule has 0 spiro atoms. The van der Waals surface area contributed by atoms with Crippen LogP contribution in [0.25, 0.3) is 0 Å². The highest BCUT2D eigenvalue weighted by Gasteiger charge is 2.12. The Balaban J connectivity index is 1.88. The van der Waals surface area contributed by atoms with E-state index in [4.69, 9.17) is 4.74 Å². The van der Waals surface area contributed by atoms with Gasteiger partial charge in [-0.15, -0.1) is 11.8 Å². The van der Waals surface area contributed by atoms with Crippen LogP contribution in [0, 0.1) is 0 Å². The fourth-order valence-electron chi connectivity index (χ4n) is 2.39. The normalized spacial score (nSPS) is 11.6. The standard InChI is InChI=1S/C19H24N2O2S/c1-4-18(15-7-9-16(23-2)10-8-15)21-19(22)20-13-14-5-11-17(24-3)12-6-14/h5-12,18H,4,13H2,1-3H3,(H2,20,21,22). The molecular weight excluding hydrogens is 320 g/mol. The molecule has 128 valence electrons. The van der Waals surface area contributed by atoms with Crippen molar-refractivity contribution in [1.29, 1.82) is 0 Å². The molecule has 0 aliphatic heterocycles. The minimum atomic E-state index is -0.161. The van der Waals surface area contributed by atoms with Crippen LogP contribution in [0.4, 0.5) is 4.79 Å². The number of urea groups is 1. The van der Waals surface area contributed by atoms with E-state index >= 15 is 0 Å². The van der Waals surface area contributed by atoms with Gasteiger partial charge < -0.3 is 15.4 Å². The molecule has 0 radical (unpaired) electrons. The monoisotopic (exact) mass is 344 g/mol. The van der Waals surface area contributed by atoms with Gasteiger partial charge in [-0.2, -0.15) is 0 Å². The summed E-state index contributed by atoms with van der Waals surface area (Å²) in [5.74, 6) is 0.812. The zero-order chi connectivity index (χ0) is 17.4. The lowest BCUT2D eigenvalue weighted by Crippen LogP contribution is -2.37. The molecular formula is C19H24N2O2S. The van der Waals surface area contributed by atoms with Crippen LogP contribution in [-0.2, 0) is 6.54 Å². The van der Waals surface area contributed by atoms with Crippen LogP contribution >= 0.6 is 11.8 Å². The number of rotatable bonds is 7. The molecule has 1 atom stereocenters. The van der Waals surface area contributed by atoms with Gasteiger partial charge >= 0.3 is 6.03 Å². The minimum absolute atomic E-state index is 0.0187. The third kappa shape index (κ3) is 5.20. The lowest BCUT2D eigenvalue weighted by atomic mass is 10.0. The average molecular weight is 344 g/mol. The predicted octanol–water partition coefficient (Wildman–Crippen LogP) is 4.37. The summed E-state index contributed by atoms with van der Waals surface area (Å²) in [6, 6.07) is 15.8. The van der Waals surface area contributed by atoms with E-state index < -0.39 is 0 Å². The number of carbonyl (C=O) groups excluding carboxylic acids is 1. The maximum absolute atomic E-state index is 12.2. The Morgan fingerprint density at radius 2 is 1.79 bits per heavy atom. The smallest absolute Gasteiger partial charge is 0.315 e. The molecule has 1 unspecified atom stereocenters. The second kappa shape index (κ2) is 9.23. The summed E-state index contributed by atoms with van der Waals surface area (Å²) in [5.41, 5.74) is 2.15. The highest BCUT2D eigenvalue weighted by Crippen LogP contribution is 2.20. The van der Waals surface area contributed by atoms with E-state index in [1.165, 1.54) is 4.90 Å². The van der Waals surface area contributed by atoms with Crippen LogP contribution < -0.4 is 15.4 Å². The number of amides is 2. The van der Waals surface area contributed by atoms with Crippen LogP contribution in [0.15, 0.2) is 53.4 Å². The van der Waals surface area contributed by atoms with Crippen molar-refractivity contribution in [3.05, 3.63) is 59.7 Å². The number of nitrogens with one attached hydrogen (secondary N) is 2. The quantitative estimate of drug-likeness (QED) is 0.734. The first-order valence-corrected chi connectivity index (χ1v) is 9.20. The summed E-state index contributed by atoms with van der Waals surface area (Å²) < 4.78 is 5.17. The van der Waals surface area contributed by atoms with Crippen LogP contribution in [0.1, 0.15) is 30.5 Å². The number of benzene rings is 2. The maximum atomic E-state index is 12.2. The Bertz CT molecular complexity index is 641. The van der Waals surface area contributed by atoms with Gasteiger partial charge in [-0.05, 0) is 48.1 Å². The Morgan fingerprint density at radius 1 is 1.12 bits per heavy atom. The zero-order valence-electron chi connectivity index (χ0n) is 14.3. The van der Waals surface area contributed by atoms with E-state index in [0.29, 0.717) is 6.54 Å². The summed E-state index contributed by atoms with van der Waals surface area (Å²) in [4.78, 5) is 13.4. The number of carbonyl (C=O) groups is 1. The predicted molar refractivity (Wildman–Crippen MR) is 99.6 cm³/mol. The maximum Gasteiger partial charge on any atom is 0.315 e. The van der Waals surface area contributed by atoms with Crippen molar-refractivity contribution in [3.63, 3.8) is 0 Å². The number of ether oxygens (including phenoxy) is 1. The largest absolute Gasteiger partial charge is 0.497 e. The Hall–Kier alpha value is -2.14. The second-order valence-corrected chi connectivity index (χ2v) is 6.29. The van der Waals surface area contributed by atoms with Crippen molar-refractivity contribution < 1.29 is 9.53 Å². The molecule has 2 aromatic carbocycles. The second-order valence-electron chi connectivity index (χ2n) is 5.41. The van der Waals surface area contributed by atoms with E-state index in [9.17, 15) is 4.79 Å². The molecule has 4 nitrogen and oxygen atoms in total. The minimum Gasteiger partial charge on any atom is -0.497 e. The van der Waals surface area contributed by atoms with Gasteiger partial charge in [0.25, 0.3) is 0 Å². The Labute approximate surface area is 148 Å². The SMILES string of the molecule is CCC(NC(=O)NCc1ccc(SC)cc1)c1ccc(OC)cc1. The lowest BCUT2D eigenvalue weighted by Gasteiger charge is -2.18. The first-order valence-electron chi connectivity index (χ1n) is 7.97. The first-order chi connectivity index (χ1) is 11.7. The molecule has 0 heterocycles. The van der Waals surface area contributed by atoms with Gasteiger partial charge in [0.15, 0.2) is 0 Å². The molecule has 2 aromatic rings. The number of hydrogen-bond donors (Lipinski definition) is 2. The van der Waals surface area contributed by atoms with E-state index in [-0.39, 0.29) is 12.1 Å². The van der Waals surface area contributed by atoms with Crippen LogP contribution in [0.5, 0.6) is 5.75 Å².